The van der Waals surface area contributed by atoms with Crippen LogP contribution in [0.4, 0.5) is 0 Å². The molecule has 0 radical (unpaired) electrons. The van der Waals surface area contributed by atoms with Crippen LogP contribution >= 0.6 is 11.8 Å². The first-order valence-electron chi connectivity index (χ1n) is 6.38. The van der Waals surface area contributed by atoms with Crippen molar-refractivity contribution in [3.63, 3.8) is 0 Å². The average molecular weight is 254 g/mol. The Bertz CT molecular complexity index is 338. The Morgan fingerprint density at radius 2 is 1.94 bits per heavy atom. The molecule has 1 spiro atoms. The summed E-state index contributed by atoms with van der Waals surface area (Å²) in [5.41, 5.74) is 0.244. The Morgan fingerprint density at radius 1 is 1.24 bits per heavy atom. The molecule has 5 heteroatoms. The number of amides is 2. The number of carbonyl (C=O) groups excluding carboxylic acids is 2. The lowest BCUT2D eigenvalue weighted by Gasteiger charge is -2.50. The van der Waals surface area contributed by atoms with Crippen molar-refractivity contribution in [2.45, 2.75) is 43.7 Å². The van der Waals surface area contributed by atoms with Gasteiger partial charge in [0.05, 0.1) is 11.5 Å². The Morgan fingerprint density at radius 3 is 2.53 bits per heavy atom. The minimum absolute atomic E-state index is 0.0209. The van der Waals surface area contributed by atoms with Gasteiger partial charge < -0.3 is 5.32 Å². The second-order valence-electron chi connectivity index (χ2n) is 5.36. The molecule has 2 saturated heterocycles. The van der Waals surface area contributed by atoms with Crippen molar-refractivity contribution >= 4 is 23.6 Å². The number of hydrogen-bond acceptors (Lipinski definition) is 4. The first kappa shape index (κ1) is 11.5. The van der Waals surface area contributed by atoms with E-state index in [4.69, 9.17) is 0 Å². The van der Waals surface area contributed by atoms with E-state index in [1.54, 1.807) is 4.90 Å². The summed E-state index contributed by atoms with van der Waals surface area (Å²) in [6.45, 7) is 0.939. The molecule has 2 aliphatic heterocycles. The third kappa shape index (κ3) is 1.99. The van der Waals surface area contributed by atoms with E-state index in [1.807, 2.05) is 0 Å². The molecule has 0 aromatic rings. The number of nitrogens with zero attached hydrogens (tertiary/aromatic N) is 1. The molecule has 0 bridgehead atoms. The molecule has 2 amide bonds. The fourth-order valence-corrected chi connectivity index (χ4v) is 3.97. The van der Waals surface area contributed by atoms with Gasteiger partial charge in [-0.3, -0.25) is 14.5 Å². The third-order valence-corrected chi connectivity index (χ3v) is 5.17. The largest absolute Gasteiger partial charge is 0.311 e. The number of carbonyl (C=O) groups is 2. The molecule has 4 nitrogen and oxygen atoms in total. The monoisotopic (exact) mass is 254 g/mol. The van der Waals surface area contributed by atoms with E-state index < -0.39 is 0 Å². The summed E-state index contributed by atoms with van der Waals surface area (Å²) >= 11 is 1.44. The lowest BCUT2D eigenvalue weighted by Crippen LogP contribution is -2.62. The number of thioether (sulfide) groups is 1. The van der Waals surface area contributed by atoms with Crippen LogP contribution in [0.5, 0.6) is 0 Å². The van der Waals surface area contributed by atoms with Crippen LogP contribution in [-0.4, -0.2) is 46.3 Å². The molecule has 0 aromatic carbocycles. The zero-order chi connectivity index (χ0) is 11.9. The van der Waals surface area contributed by atoms with Crippen molar-refractivity contribution in [2.75, 3.05) is 18.1 Å². The Balaban J connectivity index is 1.74. The van der Waals surface area contributed by atoms with Crippen LogP contribution in [0.2, 0.25) is 0 Å². The van der Waals surface area contributed by atoms with Crippen LogP contribution in [-0.2, 0) is 9.59 Å². The zero-order valence-electron chi connectivity index (χ0n) is 9.91. The van der Waals surface area contributed by atoms with E-state index in [1.165, 1.54) is 31.0 Å². The first-order valence-corrected chi connectivity index (χ1v) is 7.53. The fraction of sp³-hybridized carbons (Fsp3) is 0.833. The Hall–Kier alpha value is -0.550. The standard InChI is InChI=1S/C12H18N2O2S/c15-10-7-17-8-11(16)14(10)9-2-5-13-12(6-9)3-1-4-12/h9,13H,1-8H2. The van der Waals surface area contributed by atoms with Crippen LogP contribution in [0.1, 0.15) is 32.1 Å². The smallest absolute Gasteiger partial charge is 0.239 e. The molecule has 2 heterocycles. The van der Waals surface area contributed by atoms with Crippen LogP contribution in [0.25, 0.3) is 0 Å². The number of nitrogens with one attached hydrogen (secondary N) is 1. The lowest BCUT2D eigenvalue weighted by atomic mass is 9.70. The van der Waals surface area contributed by atoms with Crippen LogP contribution < -0.4 is 5.32 Å². The molecule has 1 aliphatic carbocycles. The minimum Gasteiger partial charge on any atom is -0.311 e. The molecule has 3 fully saturated rings. The van der Waals surface area contributed by atoms with Crippen molar-refractivity contribution in [3.05, 3.63) is 0 Å². The molecular formula is C12H18N2O2S. The van der Waals surface area contributed by atoms with Gasteiger partial charge in [-0.2, -0.15) is 0 Å². The molecule has 1 saturated carbocycles. The second-order valence-corrected chi connectivity index (χ2v) is 6.34. The Labute approximate surface area is 105 Å². The summed E-state index contributed by atoms with van der Waals surface area (Å²) in [7, 11) is 0. The van der Waals surface area contributed by atoms with Gasteiger partial charge in [0.2, 0.25) is 11.8 Å². The van der Waals surface area contributed by atoms with Crippen molar-refractivity contribution in [1.82, 2.24) is 10.2 Å². The molecule has 3 aliphatic rings. The SMILES string of the molecule is O=C1CSCC(=O)N1C1CCNC2(CCC2)C1. The number of hydrogen-bond donors (Lipinski definition) is 1. The van der Waals surface area contributed by atoms with E-state index in [9.17, 15) is 9.59 Å². The number of piperidine rings is 1. The molecular weight excluding hydrogens is 236 g/mol. The van der Waals surface area contributed by atoms with Gasteiger partial charge in [-0.25, -0.2) is 0 Å². The molecule has 1 N–H and O–H groups in total. The van der Waals surface area contributed by atoms with Gasteiger partial charge in [-0.05, 0) is 38.6 Å². The molecule has 3 rings (SSSR count). The van der Waals surface area contributed by atoms with E-state index in [0.717, 1.165) is 19.4 Å². The van der Waals surface area contributed by atoms with Gasteiger partial charge in [-0.1, -0.05) is 0 Å². The van der Waals surface area contributed by atoms with Crippen molar-refractivity contribution in [3.8, 4) is 0 Å². The topological polar surface area (TPSA) is 49.4 Å². The highest BCUT2D eigenvalue weighted by atomic mass is 32.2. The van der Waals surface area contributed by atoms with Crippen LogP contribution in [0, 0.1) is 0 Å². The van der Waals surface area contributed by atoms with Crippen LogP contribution in [0.3, 0.4) is 0 Å². The van der Waals surface area contributed by atoms with Gasteiger partial charge in [0, 0.05) is 11.6 Å². The normalized spacial score (nSPS) is 32.7. The van der Waals surface area contributed by atoms with Gasteiger partial charge in [-0.15, -0.1) is 11.8 Å². The van der Waals surface area contributed by atoms with E-state index in [-0.39, 0.29) is 23.4 Å². The first-order chi connectivity index (χ1) is 8.20. The molecule has 1 unspecified atom stereocenters. The van der Waals surface area contributed by atoms with Crippen molar-refractivity contribution < 1.29 is 9.59 Å². The summed E-state index contributed by atoms with van der Waals surface area (Å²) in [6.07, 6.45) is 5.57. The van der Waals surface area contributed by atoms with Crippen molar-refractivity contribution in [1.29, 1.82) is 0 Å². The minimum atomic E-state index is 0.0209. The van der Waals surface area contributed by atoms with E-state index in [0.29, 0.717) is 11.5 Å². The predicted octanol–water partition coefficient (Wildman–Crippen LogP) is 0.763. The zero-order valence-corrected chi connectivity index (χ0v) is 10.7. The van der Waals surface area contributed by atoms with Gasteiger partial charge >= 0.3 is 0 Å². The summed E-state index contributed by atoms with van der Waals surface area (Å²) < 4.78 is 0. The highest BCUT2D eigenvalue weighted by molar-refractivity contribution is 8.00. The highest BCUT2D eigenvalue weighted by Gasteiger charge is 2.45. The average Bonchev–Trinajstić information content (AvgIpc) is 2.27. The Kier molecular flexibility index (Phi) is 2.91. The van der Waals surface area contributed by atoms with Crippen molar-refractivity contribution in [2.24, 2.45) is 0 Å². The molecule has 0 aromatic heterocycles. The molecule has 94 valence electrons. The van der Waals surface area contributed by atoms with Gasteiger partial charge in [0.1, 0.15) is 0 Å². The quantitative estimate of drug-likeness (QED) is 0.702. The maximum absolute atomic E-state index is 11.9. The second kappa shape index (κ2) is 4.28. The third-order valence-electron chi connectivity index (χ3n) is 4.27. The fourth-order valence-electron chi connectivity index (χ4n) is 3.25. The highest BCUT2D eigenvalue weighted by Crippen LogP contribution is 2.40. The van der Waals surface area contributed by atoms with Gasteiger partial charge in [0.25, 0.3) is 0 Å². The summed E-state index contributed by atoms with van der Waals surface area (Å²) in [5, 5.41) is 3.58. The molecule has 17 heavy (non-hydrogen) atoms. The van der Waals surface area contributed by atoms with Gasteiger partial charge in [0.15, 0.2) is 0 Å². The summed E-state index contributed by atoms with van der Waals surface area (Å²) in [4.78, 5) is 25.3. The number of imide groups is 1. The lowest BCUT2D eigenvalue weighted by molar-refractivity contribution is -0.146. The van der Waals surface area contributed by atoms with Crippen LogP contribution in [0.15, 0.2) is 0 Å². The maximum Gasteiger partial charge on any atom is 0.239 e. The summed E-state index contributed by atoms with van der Waals surface area (Å²) in [6, 6.07) is 0.150. The molecule has 1 atom stereocenters. The van der Waals surface area contributed by atoms with E-state index >= 15 is 0 Å². The number of rotatable bonds is 1. The van der Waals surface area contributed by atoms with E-state index in [2.05, 4.69) is 5.32 Å². The maximum atomic E-state index is 11.9. The predicted molar refractivity (Wildman–Crippen MR) is 66.8 cm³/mol. The summed E-state index contributed by atoms with van der Waals surface area (Å²) in [5.74, 6) is 0.992.